The van der Waals surface area contributed by atoms with Crippen molar-refractivity contribution in [3.05, 3.63) is 0 Å². The Hall–Kier alpha value is -0.120. The lowest BCUT2D eigenvalue weighted by atomic mass is 9.48. The molecule has 4 aliphatic carbocycles. The van der Waals surface area contributed by atoms with Gasteiger partial charge in [-0.25, -0.2) is 0 Å². The Balaban J connectivity index is 1.41. The van der Waals surface area contributed by atoms with Crippen LogP contribution >= 0.6 is 0 Å². The van der Waals surface area contributed by atoms with Crippen LogP contribution in [0.5, 0.6) is 0 Å². The molecule has 4 saturated carbocycles. The van der Waals surface area contributed by atoms with Crippen molar-refractivity contribution in [1.29, 1.82) is 0 Å². The van der Waals surface area contributed by atoms with Gasteiger partial charge in [0.05, 0.1) is 0 Å². The van der Waals surface area contributed by atoms with E-state index in [1.54, 1.807) is 0 Å². The highest BCUT2D eigenvalue weighted by molar-refractivity contribution is 5.06. The number of hydrogen-bond acceptors (Lipinski definition) is 3. The van der Waals surface area contributed by atoms with Crippen LogP contribution in [0.1, 0.15) is 38.5 Å². The largest absolute Gasteiger partial charge is 0.326 e. The second-order valence-corrected chi connectivity index (χ2v) is 8.49. The number of nitrogens with two attached hydrogens (primary N) is 1. The van der Waals surface area contributed by atoms with Gasteiger partial charge in [-0.05, 0) is 68.7 Å². The molecule has 0 aromatic heterocycles. The molecule has 2 N–H and O–H groups in total. The molecule has 4 bridgehead atoms. The molecule has 0 aromatic carbocycles. The van der Waals surface area contributed by atoms with Crippen molar-refractivity contribution in [3.63, 3.8) is 0 Å². The molecule has 114 valence electrons. The zero-order chi connectivity index (χ0) is 13.7. The van der Waals surface area contributed by atoms with Crippen LogP contribution in [0.4, 0.5) is 0 Å². The molecule has 5 aliphatic rings. The monoisotopic (exact) mass is 277 g/mol. The van der Waals surface area contributed by atoms with Crippen LogP contribution in [-0.4, -0.2) is 55.6 Å². The fourth-order valence-corrected chi connectivity index (χ4v) is 6.13. The Bertz CT molecular complexity index is 324. The van der Waals surface area contributed by atoms with Gasteiger partial charge in [0.25, 0.3) is 0 Å². The Morgan fingerprint density at radius 3 is 1.95 bits per heavy atom. The molecule has 3 heteroatoms. The van der Waals surface area contributed by atoms with E-state index < -0.39 is 0 Å². The number of rotatable bonds is 3. The average molecular weight is 277 g/mol. The van der Waals surface area contributed by atoms with E-state index in [0.717, 1.165) is 24.3 Å². The first kappa shape index (κ1) is 13.5. The highest BCUT2D eigenvalue weighted by atomic mass is 15.2. The molecule has 1 unspecified atom stereocenters. The maximum absolute atomic E-state index is 6.78. The van der Waals surface area contributed by atoms with Crippen LogP contribution in [0.25, 0.3) is 0 Å². The first-order valence-electron chi connectivity index (χ1n) is 8.79. The quantitative estimate of drug-likeness (QED) is 0.853. The maximum atomic E-state index is 6.78. The topological polar surface area (TPSA) is 32.5 Å². The van der Waals surface area contributed by atoms with E-state index in [0.29, 0.717) is 11.5 Å². The van der Waals surface area contributed by atoms with Gasteiger partial charge in [-0.15, -0.1) is 0 Å². The van der Waals surface area contributed by atoms with Crippen molar-refractivity contribution in [1.82, 2.24) is 9.80 Å². The van der Waals surface area contributed by atoms with E-state index in [1.807, 2.05) is 0 Å². The third kappa shape index (κ3) is 2.32. The molecule has 5 rings (SSSR count). The lowest BCUT2D eigenvalue weighted by Crippen LogP contribution is -2.59. The van der Waals surface area contributed by atoms with Crippen LogP contribution in [0.3, 0.4) is 0 Å². The van der Waals surface area contributed by atoms with Crippen molar-refractivity contribution in [2.75, 3.05) is 39.8 Å². The van der Waals surface area contributed by atoms with E-state index in [9.17, 15) is 0 Å². The Morgan fingerprint density at radius 1 is 0.950 bits per heavy atom. The molecule has 1 saturated heterocycles. The van der Waals surface area contributed by atoms with Crippen molar-refractivity contribution in [2.45, 2.75) is 44.6 Å². The predicted molar refractivity (Wildman–Crippen MR) is 82.5 cm³/mol. The van der Waals surface area contributed by atoms with Crippen molar-refractivity contribution in [2.24, 2.45) is 28.9 Å². The number of hydrogen-bond donors (Lipinski definition) is 1. The maximum Gasteiger partial charge on any atom is 0.0225 e. The fourth-order valence-electron chi connectivity index (χ4n) is 6.13. The van der Waals surface area contributed by atoms with Crippen LogP contribution in [0.15, 0.2) is 0 Å². The third-order valence-corrected chi connectivity index (χ3v) is 6.92. The molecule has 0 aromatic rings. The van der Waals surface area contributed by atoms with Crippen LogP contribution in [-0.2, 0) is 0 Å². The summed E-state index contributed by atoms with van der Waals surface area (Å²) in [4.78, 5) is 5.07. The second-order valence-electron chi connectivity index (χ2n) is 8.49. The van der Waals surface area contributed by atoms with Crippen molar-refractivity contribution in [3.8, 4) is 0 Å². The molecule has 0 radical (unpaired) electrons. The molecule has 1 aliphatic heterocycles. The van der Waals surface area contributed by atoms with E-state index >= 15 is 0 Å². The summed E-state index contributed by atoms with van der Waals surface area (Å²) in [5.74, 6) is 3.08. The average Bonchev–Trinajstić information content (AvgIpc) is 2.40. The fraction of sp³-hybridized carbons (Fsp3) is 1.00. The normalized spacial score (nSPS) is 46.8. The zero-order valence-electron chi connectivity index (χ0n) is 13.1. The summed E-state index contributed by atoms with van der Waals surface area (Å²) in [5.41, 5.74) is 7.31. The molecule has 0 spiro atoms. The SMILES string of the molecule is CN1CCN(CC(N)C23CC4CC(CC(C4)C2)C3)CC1. The number of piperazine rings is 1. The predicted octanol–water partition coefficient (Wildman–Crippen LogP) is 1.78. The summed E-state index contributed by atoms with van der Waals surface area (Å²) < 4.78 is 0. The molecular weight excluding hydrogens is 246 g/mol. The van der Waals surface area contributed by atoms with Gasteiger partial charge in [-0.1, -0.05) is 0 Å². The second kappa shape index (κ2) is 4.96. The lowest BCUT2D eigenvalue weighted by Gasteiger charge is -2.59. The highest BCUT2D eigenvalue weighted by Crippen LogP contribution is 2.61. The third-order valence-electron chi connectivity index (χ3n) is 6.92. The van der Waals surface area contributed by atoms with Crippen molar-refractivity contribution >= 4 is 0 Å². The van der Waals surface area contributed by atoms with Gasteiger partial charge in [0, 0.05) is 38.8 Å². The van der Waals surface area contributed by atoms with Gasteiger partial charge in [-0.3, -0.25) is 4.90 Å². The Kier molecular flexibility index (Phi) is 3.36. The van der Waals surface area contributed by atoms with Gasteiger partial charge < -0.3 is 10.6 Å². The van der Waals surface area contributed by atoms with Crippen LogP contribution in [0, 0.1) is 23.2 Å². The molecule has 0 amide bonds. The molecule has 3 nitrogen and oxygen atoms in total. The first-order valence-corrected chi connectivity index (χ1v) is 8.79. The minimum atomic E-state index is 0.430. The molecule has 5 fully saturated rings. The Morgan fingerprint density at radius 2 is 1.45 bits per heavy atom. The molecule has 1 atom stereocenters. The highest BCUT2D eigenvalue weighted by Gasteiger charge is 2.53. The standard InChI is InChI=1S/C17H31N3/c1-19-2-4-20(5-3-19)12-16(18)17-9-13-6-14(10-17)8-15(7-13)11-17/h13-16H,2-12,18H2,1H3. The minimum absolute atomic E-state index is 0.430. The summed E-state index contributed by atoms with van der Waals surface area (Å²) in [6, 6.07) is 0.430. The summed E-state index contributed by atoms with van der Waals surface area (Å²) in [6.07, 6.45) is 8.94. The minimum Gasteiger partial charge on any atom is -0.326 e. The van der Waals surface area contributed by atoms with Gasteiger partial charge in [-0.2, -0.15) is 0 Å². The smallest absolute Gasteiger partial charge is 0.0225 e. The van der Waals surface area contributed by atoms with Crippen molar-refractivity contribution < 1.29 is 0 Å². The Labute approximate surface area is 123 Å². The first-order chi connectivity index (χ1) is 9.63. The summed E-state index contributed by atoms with van der Waals surface area (Å²) in [7, 11) is 2.23. The van der Waals surface area contributed by atoms with Gasteiger partial charge in [0.1, 0.15) is 0 Å². The van der Waals surface area contributed by atoms with Gasteiger partial charge >= 0.3 is 0 Å². The van der Waals surface area contributed by atoms with Gasteiger partial charge in [0.2, 0.25) is 0 Å². The number of likely N-dealkylation sites (N-methyl/N-ethyl adjacent to an activating group) is 1. The summed E-state index contributed by atoms with van der Waals surface area (Å²) in [5, 5.41) is 0. The van der Waals surface area contributed by atoms with E-state index in [-0.39, 0.29) is 0 Å². The molecular formula is C17H31N3. The summed E-state index contributed by atoms with van der Waals surface area (Å²) in [6.45, 7) is 6.02. The van der Waals surface area contributed by atoms with E-state index in [2.05, 4.69) is 16.8 Å². The van der Waals surface area contributed by atoms with Gasteiger partial charge in [0.15, 0.2) is 0 Å². The van der Waals surface area contributed by atoms with E-state index in [1.165, 1.54) is 64.7 Å². The van der Waals surface area contributed by atoms with E-state index in [4.69, 9.17) is 5.73 Å². The van der Waals surface area contributed by atoms with Crippen LogP contribution < -0.4 is 5.73 Å². The molecule has 1 heterocycles. The lowest BCUT2D eigenvalue weighted by molar-refractivity contribution is -0.0726. The zero-order valence-corrected chi connectivity index (χ0v) is 13.1. The van der Waals surface area contributed by atoms with Crippen LogP contribution in [0.2, 0.25) is 0 Å². The number of nitrogens with zero attached hydrogens (tertiary/aromatic N) is 2. The molecule has 20 heavy (non-hydrogen) atoms. The summed E-state index contributed by atoms with van der Waals surface area (Å²) >= 11 is 0.